The van der Waals surface area contributed by atoms with Crippen molar-refractivity contribution >= 4 is 21.8 Å². The summed E-state index contributed by atoms with van der Waals surface area (Å²) in [6, 6.07) is 13.3. The number of benzene rings is 2. The lowest BCUT2D eigenvalue weighted by Gasteiger charge is -2.31. The molecule has 1 amide bonds. The van der Waals surface area contributed by atoms with Gasteiger partial charge in [-0.15, -0.1) is 0 Å². The summed E-state index contributed by atoms with van der Waals surface area (Å²) in [5.41, 5.74) is 6.79. The maximum atomic E-state index is 13.6. The summed E-state index contributed by atoms with van der Waals surface area (Å²) in [6.45, 7) is -0.119. The second-order valence-electron chi connectivity index (χ2n) is 9.69. The van der Waals surface area contributed by atoms with Gasteiger partial charge in [0.1, 0.15) is 6.08 Å². The van der Waals surface area contributed by atoms with Crippen molar-refractivity contribution in [2.24, 2.45) is 11.8 Å². The molecular weight excluding hydrogens is 510 g/mol. The number of rotatable bonds is 11. The minimum atomic E-state index is -4.19. The van der Waals surface area contributed by atoms with E-state index >= 15 is 0 Å². The van der Waals surface area contributed by atoms with Gasteiger partial charge in [0.15, 0.2) is 6.29 Å². The first kappa shape index (κ1) is 23.2. The van der Waals surface area contributed by atoms with Crippen molar-refractivity contribution in [3.63, 3.8) is 0 Å². The Balaban J connectivity index is 1.58. The third-order valence-electron chi connectivity index (χ3n) is 6.32. The zero-order valence-corrected chi connectivity index (χ0v) is 22.2. The van der Waals surface area contributed by atoms with Crippen LogP contribution in [0, 0.1) is 11.8 Å². The molecule has 0 unspecified atom stereocenters. The molecule has 0 radical (unpaired) electrons. The predicted molar refractivity (Wildman–Crippen MR) is 142 cm³/mol. The molecule has 0 spiro atoms. The zero-order valence-electron chi connectivity index (χ0n) is 25.4. The Bertz CT molecular complexity index is 1350. The summed E-state index contributed by atoms with van der Waals surface area (Å²) in [6.07, 6.45) is -5.82. The SMILES string of the molecule is [2H]C(C)(C)CN(C[C@@H](O)[C@H](Cc1ccccc1)NC(=O)O[C@]1([2H])[C@@H]2CCO[C@@H]2OC1([2H])[2H])S(=O)(=O)c1ccc(N)cc1. The number of amides is 1. The molecule has 0 bridgehead atoms. The zero-order chi connectivity index (χ0) is 30.9. The van der Waals surface area contributed by atoms with Gasteiger partial charge in [-0.05, 0) is 48.6 Å². The van der Waals surface area contributed by atoms with Crippen LogP contribution in [0.25, 0.3) is 0 Å². The van der Waals surface area contributed by atoms with Crippen molar-refractivity contribution in [2.45, 2.75) is 56.1 Å². The number of aliphatic hydroxyl groups is 1. The monoisotopic (exact) mass is 551 g/mol. The third kappa shape index (κ3) is 7.03. The van der Waals surface area contributed by atoms with Gasteiger partial charge in [-0.1, -0.05) is 44.2 Å². The lowest BCUT2D eigenvalue weighted by atomic mass is 10.0. The number of carbonyl (C=O) groups excluding carboxylic acids is 1. The molecule has 2 aliphatic heterocycles. The molecule has 2 fully saturated rings. The van der Waals surface area contributed by atoms with E-state index in [1.807, 2.05) is 0 Å². The fourth-order valence-corrected chi connectivity index (χ4v) is 5.94. The number of nitrogens with one attached hydrogen (secondary N) is 1. The second-order valence-corrected chi connectivity index (χ2v) is 11.6. The van der Waals surface area contributed by atoms with Crippen molar-refractivity contribution in [3.05, 3.63) is 60.2 Å². The second kappa shape index (κ2) is 12.4. The number of nitrogens with two attached hydrogens (primary N) is 1. The molecule has 2 aromatic rings. The van der Waals surface area contributed by atoms with Crippen LogP contribution in [0.5, 0.6) is 0 Å². The molecule has 2 heterocycles. The van der Waals surface area contributed by atoms with Gasteiger partial charge in [0.2, 0.25) is 10.0 Å². The lowest BCUT2D eigenvalue weighted by Crippen LogP contribution is -2.51. The van der Waals surface area contributed by atoms with E-state index in [-0.39, 0.29) is 30.9 Å². The molecule has 4 rings (SSSR count). The van der Waals surface area contributed by atoms with Crippen molar-refractivity contribution in [1.29, 1.82) is 0 Å². The number of nitrogens with zero attached hydrogens (tertiary/aromatic N) is 1. The topological polar surface area (TPSA) is 140 Å². The number of aliphatic hydroxyl groups excluding tert-OH is 1. The van der Waals surface area contributed by atoms with Crippen molar-refractivity contribution < 1.29 is 38.0 Å². The highest BCUT2D eigenvalue weighted by Gasteiger charge is 2.44. The molecule has 2 aliphatic rings. The maximum absolute atomic E-state index is 13.6. The third-order valence-corrected chi connectivity index (χ3v) is 8.15. The largest absolute Gasteiger partial charge is 0.443 e. The summed E-state index contributed by atoms with van der Waals surface area (Å²) in [5, 5.41) is 13.9. The highest BCUT2D eigenvalue weighted by molar-refractivity contribution is 7.89. The van der Waals surface area contributed by atoms with Crippen LogP contribution in [0.1, 0.15) is 31.3 Å². The number of carbonyl (C=O) groups is 1. The van der Waals surface area contributed by atoms with E-state index in [9.17, 15) is 18.3 Å². The minimum Gasteiger partial charge on any atom is -0.443 e. The summed E-state index contributed by atoms with van der Waals surface area (Å²) in [4.78, 5) is 13.1. The molecule has 0 aliphatic carbocycles. The highest BCUT2D eigenvalue weighted by atomic mass is 32.2. The Morgan fingerprint density at radius 1 is 1.24 bits per heavy atom. The van der Waals surface area contributed by atoms with Gasteiger partial charge in [0.25, 0.3) is 0 Å². The normalized spacial score (nSPS) is 27.9. The molecular formula is C27H37N3O7S. The van der Waals surface area contributed by atoms with Crippen LogP contribution in [0.4, 0.5) is 10.5 Å². The minimum absolute atomic E-state index is 0.0562. The molecule has 208 valence electrons. The molecule has 38 heavy (non-hydrogen) atoms. The number of hydrogen-bond donors (Lipinski definition) is 3. The molecule has 10 nitrogen and oxygen atoms in total. The van der Waals surface area contributed by atoms with Gasteiger partial charge in [-0.25, -0.2) is 13.2 Å². The fraction of sp³-hybridized carbons (Fsp3) is 0.519. The summed E-state index contributed by atoms with van der Waals surface area (Å²) in [7, 11) is -4.19. The first-order valence-corrected chi connectivity index (χ1v) is 13.8. The lowest BCUT2D eigenvalue weighted by molar-refractivity contribution is -0.0907. The number of alkyl carbamates (subject to hydrolysis) is 1. The quantitative estimate of drug-likeness (QED) is 0.362. The van der Waals surface area contributed by atoms with Gasteiger partial charge < -0.3 is 30.4 Å². The number of sulfonamides is 1. The highest BCUT2D eigenvalue weighted by Crippen LogP contribution is 2.33. The Kier molecular flexibility index (Phi) is 7.60. The van der Waals surface area contributed by atoms with Crippen molar-refractivity contribution in [2.75, 3.05) is 32.0 Å². The Morgan fingerprint density at radius 3 is 2.63 bits per heavy atom. The van der Waals surface area contributed by atoms with Crippen LogP contribution in [0.3, 0.4) is 0 Å². The Morgan fingerprint density at radius 2 is 1.95 bits per heavy atom. The van der Waals surface area contributed by atoms with Crippen LogP contribution < -0.4 is 11.1 Å². The van der Waals surface area contributed by atoms with Crippen molar-refractivity contribution in [1.82, 2.24) is 9.62 Å². The van der Waals surface area contributed by atoms with Gasteiger partial charge >= 0.3 is 6.09 Å². The van der Waals surface area contributed by atoms with E-state index in [2.05, 4.69) is 5.32 Å². The Hall–Kier alpha value is -2.70. The first-order valence-electron chi connectivity index (χ1n) is 14.4. The number of fused-ring (bicyclic) bond motifs is 1. The van der Waals surface area contributed by atoms with Gasteiger partial charge in [-0.2, -0.15) is 4.31 Å². The van der Waals surface area contributed by atoms with Gasteiger partial charge in [0.05, 0.1) is 40.2 Å². The molecule has 2 saturated heterocycles. The predicted octanol–water partition coefficient (Wildman–Crippen LogP) is 2.38. The summed E-state index contributed by atoms with van der Waals surface area (Å²) >= 11 is 0. The maximum Gasteiger partial charge on any atom is 0.407 e. The fourth-order valence-electron chi connectivity index (χ4n) is 4.38. The van der Waals surface area contributed by atoms with Crippen molar-refractivity contribution in [3.8, 4) is 0 Å². The molecule has 0 saturated carbocycles. The van der Waals surface area contributed by atoms with E-state index in [4.69, 9.17) is 25.4 Å². The standard InChI is InChI=1S/C27H37N3O7S/c1-18(2)15-30(38(33,34)21-10-8-20(28)9-11-21)16-24(31)23(14-19-6-4-3-5-7-19)29-27(32)37-25-17-36-26-22(25)12-13-35-26/h3-11,18,22-26,31H,12-17,28H2,1-2H3,(H,29,32)/t22-,23-,24+,25-,26+/m0/s1/i17D2,18D,25D. The number of ether oxygens (including phenoxy) is 3. The van der Waals surface area contributed by atoms with E-state index in [1.54, 1.807) is 30.3 Å². The number of hydrogen-bond acceptors (Lipinski definition) is 8. The van der Waals surface area contributed by atoms with E-state index in [1.165, 1.54) is 38.1 Å². The van der Waals surface area contributed by atoms with Crippen LogP contribution in [0.15, 0.2) is 59.5 Å². The van der Waals surface area contributed by atoms with Crippen LogP contribution in [0.2, 0.25) is 0 Å². The average molecular weight is 552 g/mol. The molecule has 0 aromatic heterocycles. The van der Waals surface area contributed by atoms with E-state index < -0.39 is 65.5 Å². The molecule has 2 aromatic carbocycles. The Labute approximate surface area is 229 Å². The number of nitrogen functional groups attached to an aromatic ring is 1. The molecule has 5 atom stereocenters. The number of anilines is 1. The first-order chi connectivity index (χ1) is 19.5. The summed E-state index contributed by atoms with van der Waals surface area (Å²) in [5.74, 6) is -2.09. The average Bonchev–Trinajstić information content (AvgIpc) is 3.42. The van der Waals surface area contributed by atoms with Gasteiger partial charge in [-0.3, -0.25) is 0 Å². The van der Waals surface area contributed by atoms with Gasteiger partial charge in [0, 0.05) is 20.1 Å². The molecule has 4 N–H and O–H groups in total. The van der Waals surface area contributed by atoms with E-state index in [0.29, 0.717) is 11.3 Å². The smallest absolute Gasteiger partial charge is 0.407 e. The summed E-state index contributed by atoms with van der Waals surface area (Å²) < 4.78 is 77.3. The van der Waals surface area contributed by atoms with Crippen LogP contribution >= 0.6 is 0 Å². The van der Waals surface area contributed by atoms with Crippen LogP contribution in [-0.2, 0) is 30.7 Å². The molecule has 11 heteroatoms. The van der Waals surface area contributed by atoms with Crippen LogP contribution in [-0.4, -0.2) is 74.7 Å². The van der Waals surface area contributed by atoms with E-state index in [0.717, 1.165) is 4.31 Å².